The molecule has 170 valence electrons. The average Bonchev–Trinajstić information content (AvgIpc) is 2.81. The van der Waals surface area contributed by atoms with Gasteiger partial charge in [-0.1, -0.05) is 36.4 Å². The number of carbonyl (C=O) groups is 2. The van der Waals surface area contributed by atoms with Crippen LogP contribution >= 0.6 is 0 Å². The first-order valence-corrected chi connectivity index (χ1v) is 10.6. The number of aryl methyl sites for hydroxylation is 1. The minimum atomic E-state index is -0.800. The minimum Gasteiger partial charge on any atom is -0.383 e. The Balaban J connectivity index is 1.82. The summed E-state index contributed by atoms with van der Waals surface area (Å²) in [6.07, 6.45) is 0. The molecule has 0 saturated heterocycles. The van der Waals surface area contributed by atoms with Gasteiger partial charge in [0.05, 0.1) is 18.6 Å². The summed E-state index contributed by atoms with van der Waals surface area (Å²) in [5.74, 6) is -2.27. The molecule has 0 unspecified atom stereocenters. The number of halogens is 2. The number of benzene rings is 3. The van der Waals surface area contributed by atoms with Crippen LogP contribution in [0.4, 0.5) is 14.5 Å². The van der Waals surface area contributed by atoms with Crippen LogP contribution in [-0.2, 0) is 9.53 Å². The van der Waals surface area contributed by atoms with Crippen LogP contribution in [0.5, 0.6) is 0 Å². The van der Waals surface area contributed by atoms with Crippen LogP contribution < -0.4 is 5.32 Å². The second-order valence-electron chi connectivity index (χ2n) is 8.01. The van der Waals surface area contributed by atoms with Gasteiger partial charge in [0, 0.05) is 24.9 Å². The quantitative estimate of drug-likeness (QED) is 0.585. The van der Waals surface area contributed by atoms with Crippen LogP contribution in [0.15, 0.2) is 66.7 Å². The highest BCUT2D eigenvalue weighted by Crippen LogP contribution is 2.43. The van der Waals surface area contributed by atoms with E-state index in [0.717, 1.165) is 0 Å². The monoisotopic (exact) mass is 450 g/mol. The van der Waals surface area contributed by atoms with Gasteiger partial charge in [-0.3, -0.25) is 9.59 Å². The highest BCUT2D eigenvalue weighted by atomic mass is 19.1. The molecule has 2 amide bonds. The van der Waals surface area contributed by atoms with Crippen molar-refractivity contribution in [1.82, 2.24) is 4.90 Å². The number of anilines is 1. The molecule has 1 aliphatic heterocycles. The third-order valence-corrected chi connectivity index (χ3v) is 5.91. The zero-order chi connectivity index (χ0) is 23.5. The Kier molecular flexibility index (Phi) is 6.51. The summed E-state index contributed by atoms with van der Waals surface area (Å²) in [6, 6.07) is 16.5. The van der Waals surface area contributed by atoms with Crippen molar-refractivity contribution in [2.24, 2.45) is 0 Å². The van der Waals surface area contributed by atoms with E-state index in [2.05, 4.69) is 5.32 Å². The number of hydrogen-bond acceptors (Lipinski definition) is 3. The second kappa shape index (κ2) is 9.50. The highest BCUT2D eigenvalue weighted by Gasteiger charge is 2.44. The molecule has 0 spiro atoms. The van der Waals surface area contributed by atoms with E-state index >= 15 is 0 Å². The fourth-order valence-electron chi connectivity index (χ4n) is 4.23. The number of fused-ring (bicyclic) bond motifs is 1. The van der Waals surface area contributed by atoms with Crippen LogP contribution in [0.3, 0.4) is 0 Å². The van der Waals surface area contributed by atoms with Gasteiger partial charge in [0.2, 0.25) is 5.91 Å². The lowest BCUT2D eigenvalue weighted by Crippen LogP contribution is -2.47. The van der Waals surface area contributed by atoms with Gasteiger partial charge in [0.1, 0.15) is 11.6 Å². The molecule has 33 heavy (non-hydrogen) atoms. The lowest BCUT2D eigenvalue weighted by Gasteiger charge is -2.41. The number of hydrogen-bond donors (Lipinski definition) is 1. The van der Waals surface area contributed by atoms with Gasteiger partial charge in [0.25, 0.3) is 5.91 Å². The summed E-state index contributed by atoms with van der Waals surface area (Å²) in [5.41, 5.74) is 2.39. The van der Waals surface area contributed by atoms with Gasteiger partial charge in [-0.2, -0.15) is 0 Å². The highest BCUT2D eigenvalue weighted by molar-refractivity contribution is 6.04. The summed E-state index contributed by atoms with van der Waals surface area (Å²) in [4.78, 5) is 28.6. The van der Waals surface area contributed by atoms with Gasteiger partial charge >= 0.3 is 0 Å². The van der Waals surface area contributed by atoms with Crippen molar-refractivity contribution in [2.45, 2.75) is 18.9 Å². The Morgan fingerprint density at radius 3 is 2.48 bits per heavy atom. The molecule has 5 nitrogen and oxygen atoms in total. The predicted molar refractivity (Wildman–Crippen MR) is 121 cm³/mol. The van der Waals surface area contributed by atoms with E-state index in [9.17, 15) is 18.4 Å². The first kappa shape index (κ1) is 22.6. The number of amides is 2. The minimum absolute atomic E-state index is 0.234. The zero-order valence-corrected chi connectivity index (χ0v) is 18.3. The Bertz CT molecular complexity index is 1180. The first-order valence-electron chi connectivity index (χ1n) is 10.6. The van der Waals surface area contributed by atoms with Crippen LogP contribution in [-0.4, -0.2) is 37.0 Å². The maximum Gasteiger partial charge on any atom is 0.254 e. The van der Waals surface area contributed by atoms with E-state index in [-0.39, 0.29) is 19.1 Å². The molecule has 0 radical (unpaired) electrons. The van der Waals surface area contributed by atoms with E-state index in [1.807, 2.05) is 0 Å². The maximum absolute atomic E-state index is 14.1. The van der Waals surface area contributed by atoms with Crippen molar-refractivity contribution in [3.8, 4) is 0 Å². The van der Waals surface area contributed by atoms with Crippen LogP contribution in [0.25, 0.3) is 0 Å². The first-order chi connectivity index (χ1) is 15.9. The van der Waals surface area contributed by atoms with E-state index < -0.39 is 29.5 Å². The van der Waals surface area contributed by atoms with Crippen LogP contribution in [0.1, 0.15) is 39.0 Å². The van der Waals surface area contributed by atoms with Crippen LogP contribution in [0.2, 0.25) is 0 Å². The van der Waals surface area contributed by atoms with Crippen molar-refractivity contribution in [3.63, 3.8) is 0 Å². The number of nitrogens with zero attached hydrogens (tertiary/aromatic N) is 1. The van der Waals surface area contributed by atoms with Gasteiger partial charge in [-0.25, -0.2) is 8.78 Å². The fraction of sp³-hybridized carbons (Fsp3) is 0.231. The molecule has 4 rings (SSSR count). The molecule has 0 bridgehead atoms. The van der Waals surface area contributed by atoms with Gasteiger partial charge in [0.15, 0.2) is 0 Å². The molecule has 3 aromatic rings. The Morgan fingerprint density at radius 2 is 1.79 bits per heavy atom. The van der Waals surface area contributed by atoms with Gasteiger partial charge in [-0.05, 0) is 53.9 Å². The van der Waals surface area contributed by atoms with E-state index in [0.29, 0.717) is 27.9 Å². The summed E-state index contributed by atoms with van der Waals surface area (Å²) in [5, 5.41) is 2.80. The molecule has 0 saturated carbocycles. The third-order valence-electron chi connectivity index (χ3n) is 5.91. The Morgan fingerprint density at radius 1 is 1.06 bits per heavy atom. The molecule has 0 aliphatic carbocycles. The topological polar surface area (TPSA) is 58.6 Å². The largest absolute Gasteiger partial charge is 0.383 e. The summed E-state index contributed by atoms with van der Waals surface area (Å²) >= 11 is 0. The molecule has 1 N–H and O–H groups in total. The molecule has 0 aromatic heterocycles. The van der Waals surface area contributed by atoms with Crippen molar-refractivity contribution in [3.05, 3.63) is 101 Å². The van der Waals surface area contributed by atoms with Crippen molar-refractivity contribution < 1.29 is 23.1 Å². The molecule has 2 atom stereocenters. The Labute approximate surface area is 191 Å². The number of carbonyl (C=O) groups excluding carboxylic acids is 2. The average molecular weight is 450 g/mol. The number of nitrogens with one attached hydrogen (secondary N) is 1. The fourth-order valence-corrected chi connectivity index (χ4v) is 4.23. The number of rotatable bonds is 6. The lowest BCUT2D eigenvalue weighted by molar-refractivity contribution is -0.119. The Hall–Kier alpha value is -3.58. The lowest BCUT2D eigenvalue weighted by atomic mass is 9.79. The van der Waals surface area contributed by atoms with Crippen LogP contribution in [0, 0.1) is 18.6 Å². The van der Waals surface area contributed by atoms with Crippen molar-refractivity contribution in [1.29, 1.82) is 0 Å². The number of methoxy groups -OCH3 is 1. The molecular formula is C26H24F2N2O3. The van der Waals surface area contributed by atoms with E-state index in [1.54, 1.807) is 60.4 Å². The summed E-state index contributed by atoms with van der Waals surface area (Å²) < 4.78 is 33.0. The SMILES string of the molecule is COCCN1C(=O)c2ccccc2[C@@H](C(=O)Nc2ccc(C)c(F)c2)[C@@H]1c1ccc(F)cc1. The van der Waals surface area contributed by atoms with Crippen molar-refractivity contribution >= 4 is 17.5 Å². The third kappa shape index (κ3) is 4.50. The summed E-state index contributed by atoms with van der Waals surface area (Å²) in [7, 11) is 1.53. The van der Waals surface area contributed by atoms with Crippen molar-refractivity contribution in [2.75, 3.05) is 25.6 Å². The zero-order valence-electron chi connectivity index (χ0n) is 18.3. The van der Waals surface area contributed by atoms with E-state index in [4.69, 9.17) is 4.74 Å². The second-order valence-corrected chi connectivity index (χ2v) is 8.01. The van der Waals surface area contributed by atoms with Gasteiger partial charge in [-0.15, -0.1) is 0 Å². The van der Waals surface area contributed by atoms with Gasteiger partial charge < -0.3 is 15.0 Å². The summed E-state index contributed by atoms with van der Waals surface area (Å²) in [6.45, 7) is 2.15. The number of ether oxygens (including phenoxy) is 1. The predicted octanol–water partition coefficient (Wildman–Crippen LogP) is 4.84. The standard InChI is InChI=1S/C26H24F2N2O3/c1-16-7-12-19(15-22(16)28)29-25(31)23-20-5-3-4-6-21(20)26(32)30(13-14-33-2)24(23)17-8-10-18(27)11-9-17/h3-12,15,23-24H,13-14H2,1-2H3,(H,29,31)/t23-,24+/m1/s1. The molecule has 1 heterocycles. The smallest absolute Gasteiger partial charge is 0.254 e. The normalized spacial score (nSPS) is 17.6. The maximum atomic E-state index is 14.1. The molecule has 7 heteroatoms. The molecule has 0 fully saturated rings. The molecular weight excluding hydrogens is 426 g/mol. The van der Waals surface area contributed by atoms with E-state index in [1.165, 1.54) is 25.3 Å². The molecule has 3 aromatic carbocycles. The molecule has 1 aliphatic rings.